The SMILES string of the molecule is CCC(C)NC(=O)CCNC(=NC)NCc1ccc2c(c1)OCO2. The minimum atomic E-state index is 0.0445. The summed E-state index contributed by atoms with van der Waals surface area (Å²) in [6, 6.07) is 6.03. The van der Waals surface area contributed by atoms with Crippen molar-refractivity contribution in [2.75, 3.05) is 20.4 Å². The first-order valence-electron chi connectivity index (χ1n) is 8.24. The van der Waals surface area contributed by atoms with Gasteiger partial charge in [0.2, 0.25) is 12.7 Å². The molecular formula is C17H26N4O3. The Morgan fingerprint density at radius 3 is 2.83 bits per heavy atom. The molecular weight excluding hydrogens is 308 g/mol. The molecule has 24 heavy (non-hydrogen) atoms. The van der Waals surface area contributed by atoms with Crippen LogP contribution in [0.3, 0.4) is 0 Å². The lowest BCUT2D eigenvalue weighted by Crippen LogP contribution is -2.40. The molecule has 1 aromatic carbocycles. The van der Waals surface area contributed by atoms with Gasteiger partial charge in [-0.3, -0.25) is 9.79 Å². The van der Waals surface area contributed by atoms with Gasteiger partial charge in [0.05, 0.1) is 0 Å². The van der Waals surface area contributed by atoms with E-state index >= 15 is 0 Å². The molecule has 1 unspecified atom stereocenters. The minimum absolute atomic E-state index is 0.0445. The van der Waals surface area contributed by atoms with E-state index in [1.54, 1.807) is 7.05 Å². The topological polar surface area (TPSA) is 84.0 Å². The Morgan fingerprint density at radius 1 is 1.29 bits per heavy atom. The van der Waals surface area contributed by atoms with E-state index in [2.05, 4.69) is 20.9 Å². The highest BCUT2D eigenvalue weighted by Crippen LogP contribution is 2.32. The molecule has 1 atom stereocenters. The van der Waals surface area contributed by atoms with Crippen molar-refractivity contribution in [3.05, 3.63) is 23.8 Å². The molecule has 0 saturated heterocycles. The fourth-order valence-electron chi connectivity index (χ4n) is 2.20. The summed E-state index contributed by atoms with van der Waals surface area (Å²) in [5.74, 6) is 2.24. The third-order valence-corrected chi connectivity index (χ3v) is 3.78. The minimum Gasteiger partial charge on any atom is -0.454 e. The van der Waals surface area contributed by atoms with Crippen molar-refractivity contribution in [3.63, 3.8) is 0 Å². The first kappa shape index (κ1) is 17.9. The van der Waals surface area contributed by atoms with Gasteiger partial charge in [0.25, 0.3) is 0 Å². The molecule has 1 amide bonds. The first-order valence-corrected chi connectivity index (χ1v) is 8.24. The average molecular weight is 334 g/mol. The Hall–Kier alpha value is -2.44. The van der Waals surface area contributed by atoms with Crippen molar-refractivity contribution in [1.82, 2.24) is 16.0 Å². The molecule has 132 valence electrons. The molecule has 1 aliphatic heterocycles. The van der Waals surface area contributed by atoms with Crippen LogP contribution in [0.2, 0.25) is 0 Å². The van der Waals surface area contributed by atoms with Crippen LogP contribution in [0.25, 0.3) is 0 Å². The molecule has 0 radical (unpaired) electrons. The van der Waals surface area contributed by atoms with Gasteiger partial charge in [0, 0.05) is 32.6 Å². The van der Waals surface area contributed by atoms with Gasteiger partial charge in [-0.2, -0.15) is 0 Å². The molecule has 1 heterocycles. The van der Waals surface area contributed by atoms with Gasteiger partial charge in [-0.25, -0.2) is 0 Å². The summed E-state index contributed by atoms with van der Waals surface area (Å²) >= 11 is 0. The van der Waals surface area contributed by atoms with Crippen LogP contribution < -0.4 is 25.4 Å². The van der Waals surface area contributed by atoms with Crippen molar-refractivity contribution in [2.24, 2.45) is 4.99 Å². The first-order chi connectivity index (χ1) is 11.6. The summed E-state index contributed by atoms with van der Waals surface area (Å²) in [7, 11) is 1.70. The molecule has 7 heteroatoms. The Labute approximate surface area is 142 Å². The third kappa shape index (κ3) is 5.33. The van der Waals surface area contributed by atoms with E-state index in [1.807, 2.05) is 32.0 Å². The number of nitrogens with zero attached hydrogens (tertiary/aromatic N) is 1. The maximum Gasteiger partial charge on any atom is 0.231 e. The second-order valence-corrected chi connectivity index (χ2v) is 5.67. The van der Waals surface area contributed by atoms with E-state index in [9.17, 15) is 4.79 Å². The van der Waals surface area contributed by atoms with Crippen molar-refractivity contribution < 1.29 is 14.3 Å². The highest BCUT2D eigenvalue weighted by atomic mass is 16.7. The van der Waals surface area contributed by atoms with Crippen LogP contribution in [0.1, 0.15) is 32.3 Å². The van der Waals surface area contributed by atoms with Crippen LogP contribution in [-0.4, -0.2) is 38.3 Å². The molecule has 1 aliphatic rings. The van der Waals surface area contributed by atoms with Gasteiger partial charge in [0.15, 0.2) is 17.5 Å². The number of nitrogens with one attached hydrogen (secondary N) is 3. The lowest BCUT2D eigenvalue weighted by Gasteiger charge is -2.14. The molecule has 0 aromatic heterocycles. The Morgan fingerprint density at radius 2 is 2.08 bits per heavy atom. The zero-order valence-corrected chi connectivity index (χ0v) is 14.5. The number of amides is 1. The van der Waals surface area contributed by atoms with Crippen LogP contribution in [0.5, 0.6) is 11.5 Å². The van der Waals surface area contributed by atoms with Crippen LogP contribution in [-0.2, 0) is 11.3 Å². The standard InChI is InChI=1S/C17H26N4O3/c1-4-12(2)21-16(22)7-8-19-17(18-3)20-10-13-5-6-14-15(9-13)24-11-23-14/h5-6,9,12H,4,7-8,10-11H2,1-3H3,(H,21,22)(H2,18,19,20). The summed E-state index contributed by atoms with van der Waals surface area (Å²) in [4.78, 5) is 15.9. The second-order valence-electron chi connectivity index (χ2n) is 5.67. The van der Waals surface area contributed by atoms with E-state index in [0.717, 1.165) is 23.5 Å². The molecule has 0 spiro atoms. The van der Waals surface area contributed by atoms with Gasteiger partial charge in [0.1, 0.15) is 0 Å². The number of rotatable bonds is 7. The van der Waals surface area contributed by atoms with Gasteiger partial charge < -0.3 is 25.4 Å². The largest absolute Gasteiger partial charge is 0.454 e. The van der Waals surface area contributed by atoms with E-state index in [4.69, 9.17) is 9.47 Å². The van der Waals surface area contributed by atoms with E-state index in [0.29, 0.717) is 25.5 Å². The third-order valence-electron chi connectivity index (χ3n) is 3.78. The van der Waals surface area contributed by atoms with Crippen LogP contribution in [0.4, 0.5) is 0 Å². The molecule has 7 nitrogen and oxygen atoms in total. The molecule has 2 rings (SSSR count). The summed E-state index contributed by atoms with van der Waals surface area (Å²) in [6.07, 6.45) is 1.34. The van der Waals surface area contributed by atoms with Crippen molar-refractivity contribution in [1.29, 1.82) is 0 Å². The smallest absolute Gasteiger partial charge is 0.231 e. The number of fused-ring (bicyclic) bond motifs is 1. The number of guanidine groups is 1. The quantitative estimate of drug-likeness (QED) is 0.518. The number of carbonyl (C=O) groups is 1. The zero-order chi connectivity index (χ0) is 17.4. The predicted octanol–water partition coefficient (Wildman–Crippen LogP) is 1.39. The molecule has 0 saturated carbocycles. The Bertz CT molecular complexity index is 589. The number of carbonyl (C=O) groups excluding carboxylic acids is 1. The van der Waals surface area contributed by atoms with E-state index in [1.165, 1.54) is 0 Å². The highest BCUT2D eigenvalue weighted by Gasteiger charge is 2.13. The number of aliphatic imine (C=N–C) groups is 1. The summed E-state index contributed by atoms with van der Waals surface area (Å²) in [5.41, 5.74) is 1.07. The Kier molecular flexibility index (Phi) is 6.72. The fourth-order valence-corrected chi connectivity index (χ4v) is 2.20. The van der Waals surface area contributed by atoms with Crippen LogP contribution in [0, 0.1) is 0 Å². The number of hydrogen-bond acceptors (Lipinski definition) is 4. The van der Waals surface area contributed by atoms with Crippen LogP contribution >= 0.6 is 0 Å². The van der Waals surface area contributed by atoms with Crippen molar-refractivity contribution in [3.8, 4) is 11.5 Å². The summed E-state index contributed by atoms with van der Waals surface area (Å²) < 4.78 is 10.7. The van der Waals surface area contributed by atoms with Gasteiger partial charge in [-0.05, 0) is 31.0 Å². The lowest BCUT2D eigenvalue weighted by atomic mass is 10.2. The Balaban J connectivity index is 1.72. The molecule has 0 aliphatic carbocycles. The number of benzene rings is 1. The molecule has 0 bridgehead atoms. The fraction of sp³-hybridized carbons (Fsp3) is 0.529. The summed E-state index contributed by atoms with van der Waals surface area (Å²) in [5, 5.41) is 9.29. The monoisotopic (exact) mass is 334 g/mol. The maximum atomic E-state index is 11.7. The van der Waals surface area contributed by atoms with Crippen LogP contribution in [0.15, 0.2) is 23.2 Å². The normalized spacial score (nSPS) is 14.2. The second kappa shape index (κ2) is 9.00. The van der Waals surface area contributed by atoms with E-state index in [-0.39, 0.29) is 18.7 Å². The molecule has 1 aromatic rings. The predicted molar refractivity (Wildman–Crippen MR) is 93.3 cm³/mol. The number of ether oxygens (including phenoxy) is 2. The molecule has 3 N–H and O–H groups in total. The van der Waals surface area contributed by atoms with Crippen molar-refractivity contribution >= 4 is 11.9 Å². The van der Waals surface area contributed by atoms with Crippen molar-refractivity contribution in [2.45, 2.75) is 39.3 Å². The number of hydrogen-bond donors (Lipinski definition) is 3. The zero-order valence-electron chi connectivity index (χ0n) is 14.5. The lowest BCUT2D eigenvalue weighted by molar-refractivity contribution is -0.121. The summed E-state index contributed by atoms with van der Waals surface area (Å²) in [6.45, 7) is 5.45. The van der Waals surface area contributed by atoms with Gasteiger partial charge in [-0.15, -0.1) is 0 Å². The van der Waals surface area contributed by atoms with Gasteiger partial charge in [-0.1, -0.05) is 13.0 Å². The maximum absolute atomic E-state index is 11.7. The molecule has 0 fully saturated rings. The van der Waals surface area contributed by atoms with Gasteiger partial charge >= 0.3 is 0 Å². The van der Waals surface area contributed by atoms with E-state index < -0.39 is 0 Å². The highest BCUT2D eigenvalue weighted by molar-refractivity contribution is 5.81. The average Bonchev–Trinajstić information content (AvgIpc) is 3.05.